The van der Waals surface area contributed by atoms with E-state index in [0.717, 1.165) is 12.1 Å². The molecule has 0 atom stereocenters. The molecule has 0 bridgehead atoms. The Labute approximate surface area is 72.3 Å². The average molecular weight is 189 g/mol. The summed E-state index contributed by atoms with van der Waals surface area (Å²) in [6.45, 7) is 1.34. The van der Waals surface area contributed by atoms with E-state index in [-0.39, 0.29) is 11.3 Å². The molecule has 70 valence electrons. The molecule has 5 heteroatoms. The van der Waals surface area contributed by atoms with Crippen LogP contribution < -0.4 is 0 Å². The van der Waals surface area contributed by atoms with Crippen LogP contribution in [-0.2, 0) is 0 Å². The van der Waals surface area contributed by atoms with Crippen LogP contribution in [0.1, 0.15) is 12.5 Å². The van der Waals surface area contributed by atoms with E-state index in [1.165, 1.54) is 6.92 Å². The molecule has 0 aliphatic heterocycles. The van der Waals surface area contributed by atoms with Crippen LogP contribution in [0, 0.1) is 17.5 Å². The Morgan fingerprint density at radius 3 is 2.08 bits per heavy atom. The third kappa shape index (κ3) is 1.80. The van der Waals surface area contributed by atoms with Gasteiger partial charge in [0, 0.05) is 5.56 Å². The molecule has 0 radical (unpaired) electrons. The molecular weight excluding hydrogens is 183 g/mol. The first-order valence-electron chi connectivity index (χ1n) is 3.40. The second kappa shape index (κ2) is 3.47. The fourth-order valence-electron chi connectivity index (χ4n) is 0.822. The van der Waals surface area contributed by atoms with Crippen LogP contribution in [-0.4, -0.2) is 10.9 Å². The Morgan fingerprint density at radius 2 is 1.69 bits per heavy atom. The van der Waals surface area contributed by atoms with E-state index < -0.39 is 17.5 Å². The molecule has 0 aliphatic carbocycles. The van der Waals surface area contributed by atoms with Gasteiger partial charge in [-0.1, -0.05) is 5.16 Å². The van der Waals surface area contributed by atoms with Crippen molar-refractivity contribution < 1.29 is 18.4 Å². The lowest BCUT2D eigenvalue weighted by Crippen LogP contribution is -1.99. The Bertz CT molecular complexity index is 339. The number of hydrogen-bond donors (Lipinski definition) is 1. The minimum absolute atomic E-state index is 0.00102. The summed E-state index contributed by atoms with van der Waals surface area (Å²) < 4.78 is 37.6. The molecule has 0 spiro atoms. The predicted octanol–water partition coefficient (Wildman–Crippen LogP) is 2.30. The molecule has 0 aliphatic rings. The summed E-state index contributed by atoms with van der Waals surface area (Å²) in [6.07, 6.45) is 0. The highest BCUT2D eigenvalue weighted by Crippen LogP contribution is 2.13. The maximum atomic E-state index is 12.6. The topological polar surface area (TPSA) is 32.6 Å². The molecule has 0 saturated carbocycles. The van der Waals surface area contributed by atoms with Gasteiger partial charge in [-0.05, 0) is 19.1 Å². The Balaban J connectivity index is 3.29. The summed E-state index contributed by atoms with van der Waals surface area (Å²) in [5.41, 5.74) is 0.0108. The molecule has 13 heavy (non-hydrogen) atoms. The van der Waals surface area contributed by atoms with Crippen LogP contribution in [0.3, 0.4) is 0 Å². The summed E-state index contributed by atoms with van der Waals surface area (Å²) in [5, 5.41) is 11.0. The second-order valence-corrected chi connectivity index (χ2v) is 2.44. The molecule has 0 saturated heterocycles. The highest BCUT2D eigenvalue weighted by Gasteiger charge is 2.11. The third-order valence-electron chi connectivity index (χ3n) is 1.55. The van der Waals surface area contributed by atoms with Crippen LogP contribution in [0.4, 0.5) is 13.2 Å². The number of halogens is 3. The SMILES string of the molecule is CC(=NO)c1cc(F)c(F)c(F)c1. The van der Waals surface area contributed by atoms with E-state index in [0.29, 0.717) is 0 Å². The molecule has 0 fully saturated rings. The molecule has 0 unspecified atom stereocenters. The van der Waals surface area contributed by atoms with Crippen LogP contribution >= 0.6 is 0 Å². The van der Waals surface area contributed by atoms with E-state index in [2.05, 4.69) is 5.16 Å². The monoisotopic (exact) mass is 189 g/mol. The summed E-state index contributed by atoms with van der Waals surface area (Å²) in [7, 11) is 0. The summed E-state index contributed by atoms with van der Waals surface area (Å²) >= 11 is 0. The van der Waals surface area contributed by atoms with E-state index in [4.69, 9.17) is 5.21 Å². The summed E-state index contributed by atoms with van der Waals surface area (Å²) in [4.78, 5) is 0. The van der Waals surface area contributed by atoms with Crippen molar-refractivity contribution in [3.63, 3.8) is 0 Å². The zero-order valence-corrected chi connectivity index (χ0v) is 6.68. The molecular formula is C8H6F3NO. The minimum atomic E-state index is -1.53. The number of oxime groups is 1. The van der Waals surface area contributed by atoms with E-state index >= 15 is 0 Å². The van der Waals surface area contributed by atoms with Gasteiger partial charge in [0.25, 0.3) is 0 Å². The van der Waals surface area contributed by atoms with Crippen LogP contribution in [0.2, 0.25) is 0 Å². The van der Waals surface area contributed by atoms with Crippen molar-refractivity contribution >= 4 is 5.71 Å². The van der Waals surface area contributed by atoms with E-state index in [9.17, 15) is 13.2 Å². The van der Waals surface area contributed by atoms with Gasteiger partial charge < -0.3 is 5.21 Å². The van der Waals surface area contributed by atoms with Gasteiger partial charge >= 0.3 is 0 Å². The van der Waals surface area contributed by atoms with Crippen molar-refractivity contribution in [1.29, 1.82) is 0 Å². The first kappa shape index (κ1) is 9.57. The first-order valence-corrected chi connectivity index (χ1v) is 3.40. The fourth-order valence-corrected chi connectivity index (χ4v) is 0.822. The number of benzene rings is 1. The number of nitrogens with zero attached hydrogens (tertiary/aromatic N) is 1. The highest BCUT2D eigenvalue weighted by atomic mass is 19.2. The van der Waals surface area contributed by atoms with Crippen molar-refractivity contribution in [2.45, 2.75) is 6.92 Å². The molecule has 0 heterocycles. The average Bonchev–Trinajstić information content (AvgIpc) is 2.12. The Hall–Kier alpha value is -1.52. The van der Waals surface area contributed by atoms with Crippen molar-refractivity contribution in [3.8, 4) is 0 Å². The smallest absolute Gasteiger partial charge is 0.194 e. The molecule has 1 rings (SSSR count). The van der Waals surface area contributed by atoms with Gasteiger partial charge in [-0.25, -0.2) is 13.2 Å². The lowest BCUT2D eigenvalue weighted by Gasteiger charge is -2.00. The number of rotatable bonds is 1. The normalized spacial score (nSPS) is 11.8. The van der Waals surface area contributed by atoms with Gasteiger partial charge in [0.05, 0.1) is 5.71 Å². The van der Waals surface area contributed by atoms with Crippen molar-refractivity contribution in [2.75, 3.05) is 0 Å². The van der Waals surface area contributed by atoms with Gasteiger partial charge in [0.15, 0.2) is 17.5 Å². The van der Waals surface area contributed by atoms with E-state index in [1.807, 2.05) is 0 Å². The van der Waals surface area contributed by atoms with Crippen molar-refractivity contribution in [2.24, 2.45) is 5.16 Å². The highest BCUT2D eigenvalue weighted by molar-refractivity contribution is 5.98. The molecule has 0 amide bonds. The number of hydrogen-bond acceptors (Lipinski definition) is 2. The van der Waals surface area contributed by atoms with Gasteiger partial charge in [-0.2, -0.15) is 0 Å². The van der Waals surface area contributed by atoms with E-state index in [1.54, 1.807) is 0 Å². The van der Waals surface area contributed by atoms with Gasteiger partial charge in [0.2, 0.25) is 0 Å². The van der Waals surface area contributed by atoms with Crippen LogP contribution in [0.25, 0.3) is 0 Å². The molecule has 1 N–H and O–H groups in total. The van der Waals surface area contributed by atoms with Crippen LogP contribution in [0.15, 0.2) is 17.3 Å². The minimum Gasteiger partial charge on any atom is -0.411 e. The summed E-state index contributed by atoms with van der Waals surface area (Å²) in [6, 6.07) is 1.51. The zero-order chi connectivity index (χ0) is 10.0. The maximum Gasteiger partial charge on any atom is 0.194 e. The summed E-state index contributed by atoms with van der Waals surface area (Å²) in [5.74, 6) is -4.15. The lowest BCUT2D eigenvalue weighted by atomic mass is 10.1. The standard InChI is InChI=1S/C8H6F3NO/c1-4(12-13)5-2-6(9)8(11)7(10)3-5/h2-3,13H,1H3. The molecule has 0 aromatic heterocycles. The van der Waals surface area contributed by atoms with Gasteiger partial charge in [0.1, 0.15) is 0 Å². The second-order valence-electron chi connectivity index (χ2n) is 2.44. The fraction of sp³-hybridized carbons (Fsp3) is 0.125. The lowest BCUT2D eigenvalue weighted by molar-refractivity contribution is 0.319. The van der Waals surface area contributed by atoms with Crippen molar-refractivity contribution in [3.05, 3.63) is 35.1 Å². The van der Waals surface area contributed by atoms with Crippen LogP contribution in [0.5, 0.6) is 0 Å². The quantitative estimate of drug-likeness (QED) is 0.312. The molecule has 1 aromatic rings. The Morgan fingerprint density at radius 1 is 1.23 bits per heavy atom. The maximum absolute atomic E-state index is 12.6. The first-order chi connectivity index (χ1) is 6.06. The molecule has 1 aromatic carbocycles. The third-order valence-corrected chi connectivity index (χ3v) is 1.55. The largest absolute Gasteiger partial charge is 0.411 e. The van der Waals surface area contributed by atoms with Gasteiger partial charge in [-0.3, -0.25) is 0 Å². The van der Waals surface area contributed by atoms with Crippen molar-refractivity contribution in [1.82, 2.24) is 0 Å². The predicted molar refractivity (Wildman–Crippen MR) is 40.3 cm³/mol. The van der Waals surface area contributed by atoms with Gasteiger partial charge in [-0.15, -0.1) is 0 Å². The Kier molecular flexibility index (Phi) is 2.55. The zero-order valence-electron chi connectivity index (χ0n) is 6.68. The molecule has 2 nitrogen and oxygen atoms in total.